The van der Waals surface area contributed by atoms with Crippen LogP contribution < -0.4 is 16.5 Å². The molecule has 0 spiro atoms. The van der Waals surface area contributed by atoms with Crippen molar-refractivity contribution in [3.8, 4) is 5.95 Å². The molecule has 0 amide bonds. The SMILES string of the molecule is Cc1cnc(-n2c(C)cc3c(CN)cccc32)nc1NCc1cccc(B(O)O)c1. The van der Waals surface area contributed by atoms with E-state index in [1.165, 1.54) is 0 Å². The number of nitrogens with zero attached hydrogens (tertiary/aromatic N) is 3. The van der Waals surface area contributed by atoms with E-state index in [0.29, 0.717) is 24.5 Å². The first-order chi connectivity index (χ1) is 14.5. The van der Waals surface area contributed by atoms with Gasteiger partial charge in [0.25, 0.3) is 0 Å². The molecule has 4 aromatic rings. The Morgan fingerprint density at radius 3 is 2.67 bits per heavy atom. The third-order valence-electron chi connectivity index (χ3n) is 5.21. The summed E-state index contributed by atoms with van der Waals surface area (Å²) >= 11 is 0. The van der Waals surface area contributed by atoms with Gasteiger partial charge in [-0.05, 0) is 42.6 Å². The van der Waals surface area contributed by atoms with Crippen LogP contribution in [0.2, 0.25) is 0 Å². The predicted octanol–water partition coefficient (Wildman–Crippen LogP) is 1.79. The maximum atomic E-state index is 9.37. The highest BCUT2D eigenvalue weighted by Gasteiger charge is 2.14. The highest BCUT2D eigenvalue weighted by atomic mass is 16.4. The summed E-state index contributed by atoms with van der Waals surface area (Å²) in [6.45, 7) is 4.96. The summed E-state index contributed by atoms with van der Waals surface area (Å²) in [5.74, 6) is 1.32. The van der Waals surface area contributed by atoms with Gasteiger partial charge in [0.15, 0.2) is 0 Å². The van der Waals surface area contributed by atoms with E-state index in [9.17, 15) is 10.0 Å². The van der Waals surface area contributed by atoms with Gasteiger partial charge in [0.2, 0.25) is 5.95 Å². The number of nitrogens with two attached hydrogens (primary N) is 1. The molecule has 0 aliphatic heterocycles. The lowest BCUT2D eigenvalue weighted by atomic mass is 9.80. The van der Waals surface area contributed by atoms with Gasteiger partial charge in [-0.2, -0.15) is 4.98 Å². The Morgan fingerprint density at radius 1 is 1.10 bits per heavy atom. The zero-order chi connectivity index (χ0) is 21.3. The van der Waals surface area contributed by atoms with Crippen molar-refractivity contribution in [2.75, 3.05) is 5.32 Å². The van der Waals surface area contributed by atoms with E-state index in [2.05, 4.69) is 16.4 Å². The maximum Gasteiger partial charge on any atom is 0.488 e. The van der Waals surface area contributed by atoms with Crippen LogP contribution in [0.15, 0.2) is 54.7 Å². The summed E-state index contributed by atoms with van der Waals surface area (Å²) in [6, 6.07) is 15.3. The third kappa shape index (κ3) is 3.80. The topological polar surface area (TPSA) is 109 Å². The van der Waals surface area contributed by atoms with Crippen molar-refractivity contribution in [3.63, 3.8) is 0 Å². The van der Waals surface area contributed by atoms with Crippen LogP contribution in [-0.2, 0) is 13.1 Å². The average molecular weight is 401 g/mol. The molecule has 5 N–H and O–H groups in total. The van der Waals surface area contributed by atoms with Gasteiger partial charge < -0.3 is 21.1 Å². The van der Waals surface area contributed by atoms with Crippen LogP contribution in [-0.4, -0.2) is 31.7 Å². The molecule has 0 unspecified atom stereocenters. The van der Waals surface area contributed by atoms with Crippen molar-refractivity contribution in [2.24, 2.45) is 5.73 Å². The zero-order valence-corrected chi connectivity index (χ0v) is 17.0. The van der Waals surface area contributed by atoms with Gasteiger partial charge in [-0.3, -0.25) is 4.57 Å². The second-order valence-electron chi connectivity index (χ2n) is 7.35. The fourth-order valence-electron chi connectivity index (χ4n) is 3.64. The van der Waals surface area contributed by atoms with Gasteiger partial charge in [0.1, 0.15) is 5.82 Å². The van der Waals surface area contributed by atoms with Crippen LogP contribution in [0.4, 0.5) is 5.82 Å². The van der Waals surface area contributed by atoms with Crippen LogP contribution in [0.3, 0.4) is 0 Å². The quantitative estimate of drug-likeness (QED) is 0.367. The maximum absolute atomic E-state index is 9.37. The van der Waals surface area contributed by atoms with Crippen LogP contribution >= 0.6 is 0 Å². The summed E-state index contributed by atoms with van der Waals surface area (Å²) in [5, 5.41) is 23.2. The molecule has 0 aliphatic rings. The molecule has 0 radical (unpaired) electrons. The standard InChI is InChI=1S/C22H24BN5O2/c1-14-12-26-22(28-15(2)9-19-17(11-24)6-4-8-20(19)28)27-21(14)25-13-16-5-3-7-18(10-16)23(29)30/h3-10,12,29-30H,11,13,24H2,1-2H3,(H,25,26,27). The molecule has 0 aliphatic carbocycles. The molecule has 7 nitrogen and oxygen atoms in total. The molecular formula is C22H24BN5O2. The Hall–Kier alpha value is -3.20. The summed E-state index contributed by atoms with van der Waals surface area (Å²) in [7, 11) is -1.49. The molecule has 0 bridgehead atoms. The molecule has 0 saturated carbocycles. The van der Waals surface area contributed by atoms with E-state index in [0.717, 1.165) is 39.1 Å². The molecule has 2 heterocycles. The van der Waals surface area contributed by atoms with Crippen molar-refractivity contribution in [1.29, 1.82) is 0 Å². The van der Waals surface area contributed by atoms with Gasteiger partial charge >= 0.3 is 7.12 Å². The average Bonchev–Trinajstić information content (AvgIpc) is 3.09. The summed E-state index contributed by atoms with van der Waals surface area (Å²) in [6.07, 6.45) is 1.80. The van der Waals surface area contributed by atoms with E-state index < -0.39 is 7.12 Å². The van der Waals surface area contributed by atoms with Crippen molar-refractivity contribution in [3.05, 3.63) is 77.1 Å². The number of benzene rings is 2. The number of fused-ring (bicyclic) bond motifs is 1. The highest BCUT2D eigenvalue weighted by Crippen LogP contribution is 2.26. The number of aromatic nitrogens is 3. The van der Waals surface area contributed by atoms with Crippen molar-refractivity contribution < 1.29 is 10.0 Å². The highest BCUT2D eigenvalue weighted by molar-refractivity contribution is 6.58. The first-order valence-corrected chi connectivity index (χ1v) is 9.81. The minimum absolute atomic E-state index is 0.458. The van der Waals surface area contributed by atoms with Crippen molar-refractivity contribution in [2.45, 2.75) is 26.9 Å². The van der Waals surface area contributed by atoms with Crippen LogP contribution in [0, 0.1) is 13.8 Å². The van der Waals surface area contributed by atoms with Crippen molar-refractivity contribution >= 4 is 29.3 Å². The van der Waals surface area contributed by atoms with Gasteiger partial charge in [-0.25, -0.2) is 4.98 Å². The fourth-order valence-corrected chi connectivity index (χ4v) is 3.64. The van der Waals surface area contributed by atoms with E-state index in [1.54, 1.807) is 24.4 Å². The van der Waals surface area contributed by atoms with E-state index in [1.807, 2.05) is 42.7 Å². The second-order valence-corrected chi connectivity index (χ2v) is 7.35. The third-order valence-corrected chi connectivity index (χ3v) is 5.21. The Balaban J connectivity index is 1.67. The van der Waals surface area contributed by atoms with Crippen LogP contribution in [0.5, 0.6) is 0 Å². The molecule has 152 valence electrons. The number of anilines is 1. The molecule has 30 heavy (non-hydrogen) atoms. The van der Waals surface area contributed by atoms with Gasteiger partial charge in [-0.15, -0.1) is 0 Å². The molecule has 2 aromatic heterocycles. The molecule has 2 aromatic carbocycles. The normalized spacial score (nSPS) is 11.1. The zero-order valence-electron chi connectivity index (χ0n) is 17.0. The van der Waals surface area contributed by atoms with E-state index >= 15 is 0 Å². The lowest BCUT2D eigenvalue weighted by Crippen LogP contribution is -2.30. The lowest BCUT2D eigenvalue weighted by Gasteiger charge is -2.13. The number of nitrogens with one attached hydrogen (secondary N) is 1. The Morgan fingerprint density at radius 2 is 1.90 bits per heavy atom. The minimum Gasteiger partial charge on any atom is -0.423 e. The number of aryl methyl sites for hydroxylation is 2. The van der Waals surface area contributed by atoms with Gasteiger partial charge in [-0.1, -0.05) is 36.4 Å². The summed E-state index contributed by atoms with van der Waals surface area (Å²) in [4.78, 5) is 9.32. The Kier molecular flexibility index (Phi) is 5.54. The first-order valence-electron chi connectivity index (χ1n) is 9.81. The molecular weight excluding hydrogens is 377 g/mol. The van der Waals surface area contributed by atoms with E-state index in [-0.39, 0.29) is 0 Å². The number of hydrogen-bond acceptors (Lipinski definition) is 6. The molecule has 4 rings (SSSR count). The molecule has 0 fully saturated rings. The predicted molar refractivity (Wildman–Crippen MR) is 120 cm³/mol. The minimum atomic E-state index is -1.49. The lowest BCUT2D eigenvalue weighted by molar-refractivity contribution is 0.425. The summed E-state index contributed by atoms with van der Waals surface area (Å²) in [5.41, 5.74) is 11.4. The van der Waals surface area contributed by atoms with E-state index in [4.69, 9.17) is 10.7 Å². The van der Waals surface area contributed by atoms with Crippen molar-refractivity contribution in [1.82, 2.24) is 14.5 Å². The molecule has 0 atom stereocenters. The molecule has 8 heteroatoms. The van der Waals surface area contributed by atoms with Gasteiger partial charge in [0, 0.05) is 35.9 Å². The largest absolute Gasteiger partial charge is 0.488 e. The number of hydrogen-bond donors (Lipinski definition) is 4. The van der Waals surface area contributed by atoms with Crippen LogP contribution in [0.25, 0.3) is 16.9 Å². The Bertz CT molecular complexity index is 1210. The van der Waals surface area contributed by atoms with Gasteiger partial charge in [0.05, 0.1) is 5.52 Å². The van der Waals surface area contributed by atoms with Crippen LogP contribution in [0.1, 0.15) is 22.4 Å². The number of rotatable bonds is 6. The summed E-state index contributed by atoms with van der Waals surface area (Å²) < 4.78 is 2.03. The monoisotopic (exact) mass is 401 g/mol. The first kappa shape index (κ1) is 20.1. The smallest absolute Gasteiger partial charge is 0.423 e. The molecule has 0 saturated heterocycles. The second kappa shape index (κ2) is 8.27. The fraction of sp³-hybridized carbons (Fsp3) is 0.182. The Labute approximate surface area is 175 Å².